The van der Waals surface area contributed by atoms with E-state index in [9.17, 15) is 9.90 Å². The number of unbranched alkanes of at least 4 members (excludes halogenated alkanes) is 9. The van der Waals surface area contributed by atoms with Crippen LogP contribution in [0, 0.1) is 5.92 Å². The van der Waals surface area contributed by atoms with Gasteiger partial charge in [-0.1, -0.05) is 78.1 Å². The summed E-state index contributed by atoms with van der Waals surface area (Å²) in [5.41, 5.74) is 0. The van der Waals surface area contributed by atoms with E-state index in [0.29, 0.717) is 0 Å². The summed E-state index contributed by atoms with van der Waals surface area (Å²) in [7, 11) is 0. The van der Waals surface area contributed by atoms with E-state index in [1.807, 2.05) is 0 Å². The van der Waals surface area contributed by atoms with E-state index in [1.54, 1.807) is 6.92 Å². The summed E-state index contributed by atoms with van der Waals surface area (Å²) < 4.78 is 0. The molecule has 0 N–H and O–H groups in total. The molecule has 0 aromatic carbocycles. The van der Waals surface area contributed by atoms with Gasteiger partial charge in [0, 0.05) is 5.97 Å². The number of carboxylic acid groups (broad SMARTS) is 1. The first kappa shape index (κ1) is 16.5. The van der Waals surface area contributed by atoms with Gasteiger partial charge in [0.2, 0.25) is 0 Å². The highest BCUT2D eigenvalue weighted by Gasteiger charge is 2.01. The third kappa shape index (κ3) is 11.7. The maximum absolute atomic E-state index is 10.5. The summed E-state index contributed by atoms with van der Waals surface area (Å²) in [6.45, 7) is 3.98. The highest BCUT2D eigenvalue weighted by Crippen LogP contribution is 2.13. The van der Waals surface area contributed by atoms with E-state index in [0.717, 1.165) is 12.8 Å². The van der Waals surface area contributed by atoms with E-state index >= 15 is 0 Å². The third-order valence-corrected chi connectivity index (χ3v) is 3.39. The minimum Gasteiger partial charge on any atom is -0.550 e. The Hall–Kier alpha value is -0.530. The van der Waals surface area contributed by atoms with Crippen LogP contribution in [0.15, 0.2) is 0 Å². The lowest BCUT2D eigenvalue weighted by atomic mass is 10.0. The molecular formula is C15H29O2-. The Morgan fingerprint density at radius 2 is 1.29 bits per heavy atom. The van der Waals surface area contributed by atoms with Gasteiger partial charge in [-0.2, -0.15) is 0 Å². The molecule has 0 radical (unpaired) electrons. The Bertz CT molecular complexity index is 178. The molecule has 0 aliphatic rings. The lowest BCUT2D eigenvalue weighted by molar-refractivity contribution is -0.311. The third-order valence-electron chi connectivity index (χ3n) is 3.39. The number of carboxylic acids is 1. The zero-order chi connectivity index (χ0) is 12.9. The predicted molar refractivity (Wildman–Crippen MR) is 70.6 cm³/mol. The maximum Gasteiger partial charge on any atom is 0.0442 e. The molecule has 2 nitrogen and oxygen atoms in total. The van der Waals surface area contributed by atoms with Crippen LogP contribution in [0.1, 0.15) is 84.5 Å². The van der Waals surface area contributed by atoms with Crippen LogP contribution in [-0.4, -0.2) is 5.97 Å². The van der Waals surface area contributed by atoms with Gasteiger partial charge < -0.3 is 9.90 Å². The van der Waals surface area contributed by atoms with E-state index in [-0.39, 0.29) is 5.92 Å². The first-order valence-electron chi connectivity index (χ1n) is 7.39. The van der Waals surface area contributed by atoms with Crippen molar-refractivity contribution in [2.45, 2.75) is 84.5 Å². The molecule has 0 heterocycles. The fraction of sp³-hybridized carbons (Fsp3) is 0.933. The monoisotopic (exact) mass is 241 g/mol. The van der Waals surface area contributed by atoms with Crippen molar-refractivity contribution < 1.29 is 9.90 Å². The van der Waals surface area contributed by atoms with Gasteiger partial charge in [-0.3, -0.25) is 0 Å². The highest BCUT2D eigenvalue weighted by atomic mass is 16.4. The zero-order valence-corrected chi connectivity index (χ0v) is 11.7. The van der Waals surface area contributed by atoms with Crippen molar-refractivity contribution in [1.29, 1.82) is 0 Å². The van der Waals surface area contributed by atoms with Gasteiger partial charge in [0.05, 0.1) is 0 Å². The smallest absolute Gasteiger partial charge is 0.0442 e. The topological polar surface area (TPSA) is 40.1 Å². The number of carbonyl (C=O) groups is 1. The molecule has 0 aliphatic carbocycles. The Balaban J connectivity index is 3.06. The van der Waals surface area contributed by atoms with Crippen LogP contribution in [-0.2, 0) is 4.79 Å². The molecule has 0 saturated heterocycles. The van der Waals surface area contributed by atoms with Gasteiger partial charge >= 0.3 is 0 Å². The molecule has 102 valence electrons. The summed E-state index contributed by atoms with van der Waals surface area (Å²) in [5, 5.41) is 10.5. The summed E-state index contributed by atoms with van der Waals surface area (Å²) in [6.07, 6.45) is 13.7. The Morgan fingerprint density at radius 1 is 0.882 bits per heavy atom. The van der Waals surface area contributed by atoms with Crippen molar-refractivity contribution in [2.24, 2.45) is 5.92 Å². The summed E-state index contributed by atoms with van der Waals surface area (Å²) >= 11 is 0. The molecule has 0 rings (SSSR count). The van der Waals surface area contributed by atoms with Crippen molar-refractivity contribution in [1.82, 2.24) is 0 Å². The van der Waals surface area contributed by atoms with E-state index in [2.05, 4.69) is 6.92 Å². The predicted octanol–water partition coefficient (Wildman–Crippen LogP) is 3.68. The normalized spacial score (nSPS) is 12.6. The largest absolute Gasteiger partial charge is 0.550 e. The maximum atomic E-state index is 10.5. The SMILES string of the molecule is CCCCCCCCCCCCC(C)C(=O)[O-]. The Labute approximate surface area is 107 Å². The van der Waals surface area contributed by atoms with Crippen LogP contribution in [0.3, 0.4) is 0 Å². The molecule has 1 unspecified atom stereocenters. The van der Waals surface area contributed by atoms with E-state index < -0.39 is 5.97 Å². The van der Waals surface area contributed by atoms with Crippen LogP contribution >= 0.6 is 0 Å². The van der Waals surface area contributed by atoms with Gasteiger partial charge in [-0.15, -0.1) is 0 Å². The molecule has 0 amide bonds. The molecule has 0 aliphatic heterocycles. The molecule has 0 aromatic rings. The highest BCUT2D eigenvalue weighted by molar-refractivity contribution is 5.66. The molecule has 1 atom stereocenters. The minimum absolute atomic E-state index is 0.274. The first-order chi connectivity index (χ1) is 8.18. The second kappa shape index (κ2) is 11.9. The van der Waals surface area contributed by atoms with Gasteiger partial charge in [0.1, 0.15) is 0 Å². The average Bonchev–Trinajstić information content (AvgIpc) is 2.31. The van der Waals surface area contributed by atoms with Crippen LogP contribution in [0.4, 0.5) is 0 Å². The molecule has 0 spiro atoms. The minimum atomic E-state index is -0.902. The standard InChI is InChI=1S/C15H30O2/c1-3-4-5-6-7-8-9-10-11-12-13-14(2)15(16)17/h14H,3-13H2,1-2H3,(H,16,17)/p-1. The molecular weight excluding hydrogens is 212 g/mol. The van der Waals surface area contributed by atoms with Crippen molar-refractivity contribution in [3.63, 3.8) is 0 Å². The summed E-state index contributed by atoms with van der Waals surface area (Å²) in [6, 6.07) is 0. The van der Waals surface area contributed by atoms with Crippen LogP contribution in [0.25, 0.3) is 0 Å². The zero-order valence-electron chi connectivity index (χ0n) is 11.7. The van der Waals surface area contributed by atoms with Crippen LogP contribution in [0.5, 0.6) is 0 Å². The number of aliphatic carboxylic acids is 1. The fourth-order valence-electron chi connectivity index (χ4n) is 2.06. The fourth-order valence-corrected chi connectivity index (χ4v) is 2.06. The Morgan fingerprint density at radius 3 is 1.71 bits per heavy atom. The average molecular weight is 241 g/mol. The van der Waals surface area contributed by atoms with Crippen LogP contribution < -0.4 is 5.11 Å². The second-order valence-electron chi connectivity index (χ2n) is 5.19. The number of carbonyl (C=O) groups excluding carboxylic acids is 1. The second-order valence-corrected chi connectivity index (χ2v) is 5.19. The number of hydrogen-bond donors (Lipinski definition) is 0. The van der Waals surface area contributed by atoms with Crippen LogP contribution in [0.2, 0.25) is 0 Å². The first-order valence-corrected chi connectivity index (χ1v) is 7.39. The van der Waals surface area contributed by atoms with Crippen molar-refractivity contribution in [3.05, 3.63) is 0 Å². The summed E-state index contributed by atoms with van der Waals surface area (Å²) in [4.78, 5) is 10.5. The quantitative estimate of drug-likeness (QED) is 0.489. The lowest BCUT2D eigenvalue weighted by Crippen LogP contribution is -2.29. The molecule has 0 aromatic heterocycles. The van der Waals surface area contributed by atoms with Crippen molar-refractivity contribution in [2.75, 3.05) is 0 Å². The van der Waals surface area contributed by atoms with Gasteiger partial charge in [-0.05, 0) is 12.3 Å². The molecule has 17 heavy (non-hydrogen) atoms. The van der Waals surface area contributed by atoms with E-state index in [1.165, 1.54) is 57.8 Å². The molecule has 0 saturated carbocycles. The molecule has 2 heteroatoms. The van der Waals surface area contributed by atoms with Gasteiger partial charge in [0.15, 0.2) is 0 Å². The summed E-state index contributed by atoms with van der Waals surface area (Å²) in [5.74, 6) is -1.18. The van der Waals surface area contributed by atoms with E-state index in [4.69, 9.17) is 0 Å². The lowest BCUT2D eigenvalue weighted by Gasteiger charge is -2.11. The number of rotatable bonds is 12. The van der Waals surface area contributed by atoms with Gasteiger partial charge in [0.25, 0.3) is 0 Å². The van der Waals surface area contributed by atoms with Crippen molar-refractivity contribution >= 4 is 5.97 Å². The molecule has 0 fully saturated rings. The molecule has 0 bridgehead atoms. The van der Waals surface area contributed by atoms with Crippen molar-refractivity contribution in [3.8, 4) is 0 Å². The number of hydrogen-bond acceptors (Lipinski definition) is 2. The Kier molecular flexibility index (Phi) is 11.6. The van der Waals surface area contributed by atoms with Gasteiger partial charge in [-0.25, -0.2) is 0 Å².